The molecular weight excluding hydrogens is 218 g/mol. The van der Waals surface area contributed by atoms with E-state index in [9.17, 15) is 0 Å². The van der Waals surface area contributed by atoms with E-state index in [1.165, 1.54) is 10.8 Å². The summed E-state index contributed by atoms with van der Waals surface area (Å²) in [5.74, 6) is 0. The topological polar surface area (TPSA) is 44.5 Å². The maximum absolute atomic E-state index is 5.99. The molecule has 0 aliphatic carbocycles. The highest BCUT2D eigenvalue weighted by Gasteiger charge is 2.19. The van der Waals surface area contributed by atoms with Crippen molar-refractivity contribution in [3.63, 3.8) is 0 Å². The molecule has 0 aliphatic rings. The summed E-state index contributed by atoms with van der Waals surface area (Å²) in [6, 6.07) is 8.43. The SMILES string of the molecule is CCC(N)Cc1ccccc1[Si](OC)OC. The molecule has 0 aromatic heterocycles. The largest absolute Gasteiger partial charge is 0.423 e. The van der Waals surface area contributed by atoms with Gasteiger partial charge in [0.2, 0.25) is 0 Å². The van der Waals surface area contributed by atoms with Gasteiger partial charge in [0.25, 0.3) is 0 Å². The summed E-state index contributed by atoms with van der Waals surface area (Å²) in [5, 5.41) is 1.17. The Hall–Kier alpha value is -0.683. The van der Waals surface area contributed by atoms with E-state index in [4.69, 9.17) is 14.6 Å². The molecule has 4 heteroatoms. The first kappa shape index (κ1) is 13.4. The second-order valence-corrected chi connectivity index (χ2v) is 5.66. The molecule has 1 radical (unpaired) electrons. The predicted octanol–water partition coefficient (Wildman–Crippen LogP) is 0.954. The summed E-state index contributed by atoms with van der Waals surface area (Å²) >= 11 is 0. The second kappa shape index (κ2) is 6.80. The van der Waals surface area contributed by atoms with Crippen LogP contribution in [0.15, 0.2) is 24.3 Å². The Morgan fingerprint density at radius 2 is 1.88 bits per heavy atom. The normalized spacial score (nSPS) is 13.1. The van der Waals surface area contributed by atoms with Crippen molar-refractivity contribution in [2.75, 3.05) is 14.2 Å². The number of hydrogen-bond acceptors (Lipinski definition) is 3. The fourth-order valence-corrected chi connectivity index (χ4v) is 2.91. The lowest BCUT2D eigenvalue weighted by Gasteiger charge is -2.16. The van der Waals surface area contributed by atoms with Gasteiger partial charge in [-0.05, 0) is 23.6 Å². The van der Waals surface area contributed by atoms with E-state index in [1.807, 2.05) is 12.1 Å². The molecule has 0 saturated carbocycles. The molecule has 0 amide bonds. The first-order chi connectivity index (χ1) is 7.72. The number of benzene rings is 1. The molecule has 1 aromatic carbocycles. The van der Waals surface area contributed by atoms with Crippen molar-refractivity contribution in [2.45, 2.75) is 25.8 Å². The summed E-state index contributed by atoms with van der Waals surface area (Å²) in [4.78, 5) is 0. The lowest BCUT2D eigenvalue weighted by Crippen LogP contribution is -2.38. The van der Waals surface area contributed by atoms with Crippen molar-refractivity contribution in [1.29, 1.82) is 0 Å². The molecule has 16 heavy (non-hydrogen) atoms. The fourth-order valence-electron chi connectivity index (χ4n) is 1.63. The fraction of sp³-hybridized carbons (Fsp3) is 0.500. The van der Waals surface area contributed by atoms with Crippen LogP contribution in [-0.4, -0.2) is 29.5 Å². The Labute approximate surface area is 99.4 Å². The van der Waals surface area contributed by atoms with Gasteiger partial charge in [0, 0.05) is 20.3 Å². The van der Waals surface area contributed by atoms with Crippen LogP contribution in [0.25, 0.3) is 0 Å². The lowest BCUT2D eigenvalue weighted by atomic mass is 10.1. The van der Waals surface area contributed by atoms with Crippen molar-refractivity contribution < 1.29 is 8.85 Å². The van der Waals surface area contributed by atoms with E-state index in [0.717, 1.165) is 12.8 Å². The molecule has 1 atom stereocenters. The van der Waals surface area contributed by atoms with Gasteiger partial charge in [-0.1, -0.05) is 31.2 Å². The maximum atomic E-state index is 5.99. The Balaban J connectivity index is 2.90. The molecule has 1 unspecified atom stereocenters. The van der Waals surface area contributed by atoms with E-state index in [2.05, 4.69) is 19.1 Å². The van der Waals surface area contributed by atoms with E-state index >= 15 is 0 Å². The summed E-state index contributed by atoms with van der Waals surface area (Å²) in [7, 11) is 2.04. The standard InChI is InChI=1S/C12H20NO2Si/c1-4-11(13)9-10-7-5-6-8-12(10)16(14-2)15-3/h5-8,11H,4,9,13H2,1-3H3. The highest BCUT2D eigenvalue weighted by molar-refractivity contribution is 6.61. The van der Waals surface area contributed by atoms with Crippen LogP contribution in [0, 0.1) is 0 Å². The van der Waals surface area contributed by atoms with Crippen molar-refractivity contribution in [1.82, 2.24) is 0 Å². The van der Waals surface area contributed by atoms with Gasteiger partial charge in [-0.3, -0.25) is 0 Å². The third-order valence-corrected chi connectivity index (χ3v) is 4.28. The molecule has 2 N–H and O–H groups in total. The number of rotatable bonds is 6. The van der Waals surface area contributed by atoms with Gasteiger partial charge in [0.05, 0.1) is 0 Å². The summed E-state index contributed by atoms with van der Waals surface area (Å²) in [6.45, 7) is 2.10. The Kier molecular flexibility index (Phi) is 5.69. The molecule has 0 spiro atoms. The van der Waals surface area contributed by atoms with Crippen LogP contribution in [-0.2, 0) is 15.3 Å². The zero-order valence-electron chi connectivity index (χ0n) is 10.2. The summed E-state index contributed by atoms with van der Waals surface area (Å²) in [5.41, 5.74) is 7.23. The van der Waals surface area contributed by atoms with Crippen LogP contribution in [0.4, 0.5) is 0 Å². The second-order valence-electron chi connectivity index (χ2n) is 3.73. The van der Waals surface area contributed by atoms with Crippen LogP contribution in [0.3, 0.4) is 0 Å². The van der Waals surface area contributed by atoms with Gasteiger partial charge < -0.3 is 14.6 Å². The third-order valence-electron chi connectivity index (χ3n) is 2.61. The predicted molar refractivity (Wildman–Crippen MR) is 67.8 cm³/mol. The van der Waals surface area contributed by atoms with E-state index in [-0.39, 0.29) is 6.04 Å². The Morgan fingerprint density at radius 1 is 1.25 bits per heavy atom. The smallest absolute Gasteiger partial charge is 0.393 e. The van der Waals surface area contributed by atoms with Gasteiger partial charge in [-0.25, -0.2) is 0 Å². The number of hydrogen-bond donors (Lipinski definition) is 1. The van der Waals surface area contributed by atoms with Crippen LogP contribution in [0.5, 0.6) is 0 Å². The zero-order valence-corrected chi connectivity index (χ0v) is 11.2. The van der Waals surface area contributed by atoms with Crippen LogP contribution in [0.2, 0.25) is 0 Å². The molecular formula is C12H20NO2Si. The van der Waals surface area contributed by atoms with E-state index < -0.39 is 9.28 Å². The highest BCUT2D eigenvalue weighted by Crippen LogP contribution is 2.04. The first-order valence-electron chi connectivity index (χ1n) is 5.51. The molecule has 89 valence electrons. The number of nitrogens with two attached hydrogens (primary N) is 1. The molecule has 0 aliphatic heterocycles. The monoisotopic (exact) mass is 238 g/mol. The van der Waals surface area contributed by atoms with Crippen molar-refractivity contribution in [2.24, 2.45) is 5.73 Å². The average molecular weight is 238 g/mol. The minimum atomic E-state index is -1.34. The van der Waals surface area contributed by atoms with E-state index in [0.29, 0.717) is 0 Å². The van der Waals surface area contributed by atoms with E-state index in [1.54, 1.807) is 14.2 Å². The highest BCUT2D eigenvalue weighted by atomic mass is 28.3. The first-order valence-corrected chi connectivity index (χ1v) is 6.83. The van der Waals surface area contributed by atoms with Gasteiger partial charge in [-0.15, -0.1) is 0 Å². The Morgan fingerprint density at radius 3 is 2.44 bits per heavy atom. The maximum Gasteiger partial charge on any atom is 0.423 e. The molecule has 0 bridgehead atoms. The van der Waals surface area contributed by atoms with Crippen LogP contribution >= 0.6 is 0 Å². The molecule has 0 fully saturated rings. The summed E-state index contributed by atoms with van der Waals surface area (Å²) in [6.07, 6.45) is 1.87. The molecule has 1 rings (SSSR count). The van der Waals surface area contributed by atoms with Gasteiger partial charge in [0.1, 0.15) is 0 Å². The third kappa shape index (κ3) is 3.42. The molecule has 0 saturated heterocycles. The van der Waals surface area contributed by atoms with Gasteiger partial charge in [0.15, 0.2) is 0 Å². The summed E-state index contributed by atoms with van der Waals surface area (Å²) < 4.78 is 10.8. The van der Waals surface area contributed by atoms with Crippen LogP contribution in [0.1, 0.15) is 18.9 Å². The molecule has 1 aromatic rings. The van der Waals surface area contributed by atoms with Crippen LogP contribution < -0.4 is 10.9 Å². The molecule has 0 heterocycles. The average Bonchev–Trinajstić information content (AvgIpc) is 2.32. The van der Waals surface area contributed by atoms with Gasteiger partial charge >= 0.3 is 9.28 Å². The van der Waals surface area contributed by atoms with Crippen molar-refractivity contribution in [3.05, 3.63) is 29.8 Å². The van der Waals surface area contributed by atoms with Gasteiger partial charge in [-0.2, -0.15) is 0 Å². The minimum Gasteiger partial charge on any atom is -0.393 e. The quantitative estimate of drug-likeness (QED) is 0.751. The molecule has 3 nitrogen and oxygen atoms in total. The lowest BCUT2D eigenvalue weighted by molar-refractivity contribution is 0.291. The zero-order chi connectivity index (χ0) is 12.0. The van der Waals surface area contributed by atoms with Crippen molar-refractivity contribution in [3.8, 4) is 0 Å². The van der Waals surface area contributed by atoms with Crippen molar-refractivity contribution >= 4 is 14.5 Å². The Bertz CT molecular complexity index is 316. The minimum absolute atomic E-state index is 0.207.